The fourth-order valence-corrected chi connectivity index (χ4v) is 4.37. The topological polar surface area (TPSA) is 40.2 Å². The second-order valence-corrected chi connectivity index (χ2v) is 11.2. The minimum Gasteiger partial charge on any atom is -0.668 e. The molecule has 5 heteroatoms. The number of nitrogens with one attached hydrogen (secondary N) is 1. The van der Waals surface area contributed by atoms with Crippen LogP contribution in [0.2, 0.25) is 13.1 Å². The monoisotopic (exact) mass is 436 g/mol. The maximum atomic E-state index is 3.68. The molecule has 0 spiro atoms. The van der Waals surface area contributed by atoms with Crippen molar-refractivity contribution in [2.75, 3.05) is 28.2 Å². The second kappa shape index (κ2) is 13.3. The number of hydrogen-bond donors (Lipinski definition) is 1. The Bertz CT molecular complexity index is 386. The van der Waals surface area contributed by atoms with E-state index < -0.39 is 8.80 Å². The summed E-state index contributed by atoms with van der Waals surface area (Å²) in [7, 11) is 6.19. The van der Waals surface area contributed by atoms with Crippen molar-refractivity contribution in [3.05, 3.63) is 33.2 Å². The smallest absolute Gasteiger partial charge is 0.668 e. The zero-order valence-electron chi connectivity index (χ0n) is 18.1. The quantitative estimate of drug-likeness (QED) is 0.478. The van der Waals surface area contributed by atoms with Crippen LogP contribution >= 0.6 is 0 Å². The van der Waals surface area contributed by atoms with Crippen molar-refractivity contribution in [1.82, 2.24) is 5.32 Å². The van der Waals surface area contributed by atoms with Crippen molar-refractivity contribution < 1.29 is 21.1 Å². The van der Waals surface area contributed by atoms with Crippen LogP contribution in [-0.4, -0.2) is 42.5 Å². The fraction of sp³-hybridized carbons (Fsp3) is 0.789. The maximum absolute atomic E-state index is 3.68. The summed E-state index contributed by atoms with van der Waals surface area (Å²) in [5.41, 5.74) is 3.28. The minimum atomic E-state index is -0.810. The molecule has 0 aliphatic heterocycles. The Hall–Kier alpha value is 0.105. The molecule has 24 heavy (non-hydrogen) atoms. The Morgan fingerprint density at radius 3 is 1.54 bits per heavy atom. The van der Waals surface area contributed by atoms with E-state index in [9.17, 15) is 0 Å². The summed E-state index contributed by atoms with van der Waals surface area (Å²) in [5.74, 6) is 0. The molecule has 0 fully saturated rings. The Morgan fingerprint density at radius 2 is 1.29 bits per heavy atom. The van der Waals surface area contributed by atoms with E-state index in [1.165, 1.54) is 11.3 Å². The molecule has 0 bridgehead atoms. The van der Waals surface area contributed by atoms with Gasteiger partial charge in [0.1, 0.15) is 0 Å². The Kier molecular flexibility index (Phi) is 16.0. The van der Waals surface area contributed by atoms with Gasteiger partial charge in [0.05, 0.1) is 0 Å². The van der Waals surface area contributed by atoms with Gasteiger partial charge in [0, 0.05) is 5.54 Å². The summed E-state index contributed by atoms with van der Waals surface area (Å²) in [6.07, 6.45) is 4.59. The van der Waals surface area contributed by atoms with E-state index in [0.717, 1.165) is 6.42 Å². The summed E-state index contributed by atoms with van der Waals surface area (Å²) < 4.78 is 0. The molecule has 1 rings (SSSR count). The molecule has 0 heterocycles. The summed E-state index contributed by atoms with van der Waals surface area (Å²) >= 11 is 0. The summed E-state index contributed by atoms with van der Waals surface area (Å²) in [6.45, 7) is 18.4. The molecule has 0 saturated heterocycles. The summed E-state index contributed by atoms with van der Waals surface area (Å²) in [6, 6.07) is 0. The van der Waals surface area contributed by atoms with Crippen LogP contribution in [0, 0.1) is 11.5 Å². The molecule has 0 unspecified atom stereocenters. The van der Waals surface area contributed by atoms with Gasteiger partial charge < -0.3 is 16.0 Å². The zero-order valence-corrected chi connectivity index (χ0v) is 21.2. The van der Waals surface area contributed by atoms with Gasteiger partial charge in [-0.05, 0) is 35.0 Å². The van der Waals surface area contributed by atoms with Crippen LogP contribution in [0.15, 0.2) is 16.5 Å². The first-order valence-electron chi connectivity index (χ1n) is 8.44. The maximum Gasteiger partial charge on any atom is 3.00 e. The van der Waals surface area contributed by atoms with Crippen molar-refractivity contribution in [3.63, 3.8) is 0 Å². The first kappa shape index (κ1) is 28.9. The van der Waals surface area contributed by atoms with E-state index in [2.05, 4.69) is 76.7 Å². The summed E-state index contributed by atoms with van der Waals surface area (Å²) in [5, 5.41) is 12.3. The third-order valence-corrected chi connectivity index (χ3v) is 4.68. The van der Waals surface area contributed by atoms with E-state index >= 15 is 0 Å². The van der Waals surface area contributed by atoms with Gasteiger partial charge in [0.2, 0.25) is 0 Å². The molecule has 0 saturated carbocycles. The Balaban J connectivity index is -0.000000550. The molecule has 0 aromatic carbocycles. The predicted octanol–water partition coefficient (Wildman–Crippen LogP) is 5.07. The van der Waals surface area contributed by atoms with E-state index in [0.29, 0.717) is 0 Å². The third-order valence-electron chi connectivity index (χ3n) is 2.89. The van der Waals surface area contributed by atoms with Crippen molar-refractivity contribution in [3.8, 4) is 0 Å². The van der Waals surface area contributed by atoms with Crippen LogP contribution in [-0.2, 0) is 21.1 Å². The fourth-order valence-electron chi connectivity index (χ4n) is 2.39. The first-order valence-corrected chi connectivity index (χ1v) is 11.3. The van der Waals surface area contributed by atoms with Crippen LogP contribution in [0.1, 0.15) is 48.0 Å². The molecule has 0 atom stereocenters. The molecule has 141 valence electrons. The number of hydrogen-bond acceptors (Lipinski definition) is 1. The van der Waals surface area contributed by atoms with Crippen LogP contribution < -0.4 is 5.32 Å². The molecule has 1 radical (unpaired) electrons. The van der Waals surface area contributed by atoms with E-state index in [1.807, 2.05) is 0 Å². The van der Waals surface area contributed by atoms with Gasteiger partial charge in [-0.2, -0.15) is 33.4 Å². The average Bonchev–Trinajstić information content (AvgIpc) is 2.71. The number of nitrogens with zero attached hydrogens (tertiary/aromatic N) is 2. The van der Waals surface area contributed by atoms with Crippen molar-refractivity contribution in [2.24, 2.45) is 5.41 Å². The summed E-state index contributed by atoms with van der Waals surface area (Å²) in [4.78, 5) is 0. The average molecular weight is 435 g/mol. The standard InChI is InChI=1S/C15H28NSi.2C2H6N.Mo/c1-14(2,3)11-9-10-12(13(11)17(7)8)16-15(4,5)6;2*1-3-2;/h16-17H,10H2,1-8H3;2*1-2H3;/q3*-1;+3. The van der Waals surface area contributed by atoms with Gasteiger partial charge in [-0.1, -0.05) is 46.0 Å². The van der Waals surface area contributed by atoms with Crippen molar-refractivity contribution >= 4 is 8.80 Å². The van der Waals surface area contributed by atoms with E-state index in [-0.39, 0.29) is 32.0 Å². The van der Waals surface area contributed by atoms with Gasteiger partial charge >= 0.3 is 21.1 Å². The van der Waals surface area contributed by atoms with Crippen LogP contribution in [0.3, 0.4) is 0 Å². The molecule has 1 aliphatic rings. The van der Waals surface area contributed by atoms with Gasteiger partial charge in [0.15, 0.2) is 0 Å². The van der Waals surface area contributed by atoms with E-state index in [1.54, 1.807) is 33.4 Å². The molecule has 1 N–H and O–H groups in total. The van der Waals surface area contributed by atoms with Gasteiger partial charge in [-0.3, -0.25) is 6.08 Å². The molecule has 3 nitrogen and oxygen atoms in total. The minimum absolute atomic E-state index is 0. The molecule has 0 amide bonds. The molecule has 1 aliphatic carbocycles. The second-order valence-electron chi connectivity index (χ2n) is 8.29. The Morgan fingerprint density at radius 1 is 0.917 bits per heavy atom. The first-order chi connectivity index (χ1) is 10.4. The molecule has 0 aromatic heterocycles. The largest absolute Gasteiger partial charge is 3.00 e. The normalized spacial score (nSPS) is 14.1. The molecule has 0 aromatic rings. The zero-order chi connectivity index (χ0) is 18.8. The number of allylic oxidation sites excluding steroid dienone is 3. The molecular formula is C19H40MoN3Si. The van der Waals surface area contributed by atoms with Gasteiger partial charge in [0.25, 0.3) is 0 Å². The van der Waals surface area contributed by atoms with Crippen LogP contribution in [0.4, 0.5) is 0 Å². The predicted molar refractivity (Wildman–Crippen MR) is 110 cm³/mol. The third kappa shape index (κ3) is 12.5. The van der Waals surface area contributed by atoms with Gasteiger partial charge in [-0.25, -0.2) is 5.57 Å². The van der Waals surface area contributed by atoms with E-state index in [4.69, 9.17) is 0 Å². The SMILES string of the molecule is C[N-]C.C[N-]C.C[SiH](C)C1=C(NC(C)(C)C)C[C-]=C1C(C)(C)C.[Mo+3]. The van der Waals surface area contributed by atoms with Crippen LogP contribution in [0.5, 0.6) is 0 Å². The van der Waals surface area contributed by atoms with Crippen LogP contribution in [0.25, 0.3) is 10.6 Å². The molecular weight excluding hydrogens is 394 g/mol. The van der Waals surface area contributed by atoms with Crippen molar-refractivity contribution in [1.29, 1.82) is 0 Å². The van der Waals surface area contributed by atoms with Gasteiger partial charge in [-0.15, -0.1) is 0 Å². The van der Waals surface area contributed by atoms with Crippen molar-refractivity contribution in [2.45, 2.75) is 66.6 Å². The Labute approximate surface area is 168 Å². The number of rotatable bonds is 2.